The zero-order valence-corrected chi connectivity index (χ0v) is 11.1. The highest BCUT2D eigenvalue weighted by Crippen LogP contribution is 2.13. The molecular formula is C13H20N2O3. The molecule has 0 aliphatic carbocycles. The molecule has 0 amide bonds. The molecule has 1 rings (SSSR count). The summed E-state index contributed by atoms with van der Waals surface area (Å²) in [5, 5.41) is 11.8. The number of carboxylic acids is 1. The number of hydrogen-bond acceptors (Lipinski definition) is 4. The van der Waals surface area contributed by atoms with Gasteiger partial charge in [0.15, 0.2) is 5.69 Å². The Morgan fingerprint density at radius 1 is 1.50 bits per heavy atom. The summed E-state index contributed by atoms with van der Waals surface area (Å²) in [5.74, 6) is -0.477. The third-order valence-corrected chi connectivity index (χ3v) is 2.72. The lowest BCUT2D eigenvalue weighted by Gasteiger charge is -2.23. The molecule has 0 aliphatic heterocycles. The zero-order chi connectivity index (χ0) is 13.6. The van der Waals surface area contributed by atoms with Gasteiger partial charge in [-0.15, -0.1) is 0 Å². The van der Waals surface area contributed by atoms with E-state index in [2.05, 4.69) is 17.2 Å². The Hall–Kier alpha value is -1.62. The lowest BCUT2D eigenvalue weighted by atomic mass is 10.1. The van der Waals surface area contributed by atoms with E-state index in [0.29, 0.717) is 19.0 Å². The van der Waals surface area contributed by atoms with Crippen LogP contribution in [-0.2, 0) is 4.74 Å². The molecule has 5 nitrogen and oxygen atoms in total. The summed E-state index contributed by atoms with van der Waals surface area (Å²) in [4.78, 5) is 14.7. The van der Waals surface area contributed by atoms with Crippen molar-refractivity contribution in [1.82, 2.24) is 4.98 Å². The van der Waals surface area contributed by atoms with E-state index in [0.717, 1.165) is 6.42 Å². The number of carboxylic acid groups (broad SMARTS) is 1. The van der Waals surface area contributed by atoms with Gasteiger partial charge >= 0.3 is 5.97 Å². The van der Waals surface area contributed by atoms with Gasteiger partial charge in [0.05, 0.1) is 12.2 Å². The molecule has 0 aliphatic rings. The summed E-state index contributed by atoms with van der Waals surface area (Å²) in [6.45, 7) is 7.30. The minimum Gasteiger partial charge on any atom is -0.477 e. The van der Waals surface area contributed by atoms with Crippen LogP contribution in [0.3, 0.4) is 0 Å². The standard InChI is InChI=1S/C13H20N2O3/c1-4-13(2,3)18-9-8-14-11-7-5-6-10(15-11)12(16)17/h5-7H,4,8-9H2,1-3H3,(H,14,15)(H,16,17). The van der Waals surface area contributed by atoms with Crippen LogP contribution in [0.4, 0.5) is 5.82 Å². The molecular weight excluding hydrogens is 232 g/mol. The van der Waals surface area contributed by atoms with Crippen LogP contribution in [0.2, 0.25) is 0 Å². The van der Waals surface area contributed by atoms with E-state index in [1.165, 1.54) is 6.07 Å². The first-order chi connectivity index (χ1) is 8.44. The van der Waals surface area contributed by atoms with Crippen molar-refractivity contribution in [3.63, 3.8) is 0 Å². The molecule has 0 unspecified atom stereocenters. The first-order valence-electron chi connectivity index (χ1n) is 6.03. The highest BCUT2D eigenvalue weighted by atomic mass is 16.5. The van der Waals surface area contributed by atoms with Gasteiger partial charge in [0.2, 0.25) is 0 Å². The molecule has 1 heterocycles. The van der Waals surface area contributed by atoms with Crippen LogP contribution in [0.15, 0.2) is 18.2 Å². The minimum absolute atomic E-state index is 0.0369. The lowest BCUT2D eigenvalue weighted by Crippen LogP contribution is -2.26. The summed E-state index contributed by atoms with van der Waals surface area (Å²) < 4.78 is 5.67. The molecule has 0 fully saturated rings. The van der Waals surface area contributed by atoms with Crippen molar-refractivity contribution in [2.75, 3.05) is 18.5 Å². The van der Waals surface area contributed by atoms with E-state index >= 15 is 0 Å². The smallest absolute Gasteiger partial charge is 0.354 e. The molecule has 0 saturated carbocycles. The molecule has 0 atom stereocenters. The molecule has 0 saturated heterocycles. The topological polar surface area (TPSA) is 71.5 Å². The largest absolute Gasteiger partial charge is 0.477 e. The van der Waals surface area contributed by atoms with Gasteiger partial charge in [0.1, 0.15) is 5.82 Å². The second kappa shape index (κ2) is 6.35. The maximum absolute atomic E-state index is 10.7. The SMILES string of the molecule is CCC(C)(C)OCCNc1cccc(C(=O)O)n1. The fourth-order valence-corrected chi connectivity index (χ4v) is 1.26. The number of nitrogens with zero attached hydrogens (tertiary/aromatic N) is 1. The molecule has 1 aromatic heterocycles. The summed E-state index contributed by atoms with van der Waals surface area (Å²) in [6.07, 6.45) is 0.944. The van der Waals surface area contributed by atoms with Gasteiger partial charge in [0, 0.05) is 6.54 Å². The molecule has 18 heavy (non-hydrogen) atoms. The van der Waals surface area contributed by atoms with E-state index in [1.807, 2.05) is 13.8 Å². The monoisotopic (exact) mass is 252 g/mol. The van der Waals surface area contributed by atoms with Gasteiger partial charge in [-0.3, -0.25) is 0 Å². The third-order valence-electron chi connectivity index (χ3n) is 2.72. The fraction of sp³-hybridized carbons (Fsp3) is 0.538. The Morgan fingerprint density at radius 2 is 2.22 bits per heavy atom. The van der Waals surface area contributed by atoms with Crippen LogP contribution in [0, 0.1) is 0 Å². The van der Waals surface area contributed by atoms with E-state index in [-0.39, 0.29) is 11.3 Å². The van der Waals surface area contributed by atoms with Gasteiger partial charge in [-0.25, -0.2) is 9.78 Å². The van der Waals surface area contributed by atoms with Gasteiger partial charge < -0.3 is 15.2 Å². The van der Waals surface area contributed by atoms with E-state index in [9.17, 15) is 4.79 Å². The molecule has 0 bridgehead atoms. The van der Waals surface area contributed by atoms with Gasteiger partial charge in [-0.2, -0.15) is 0 Å². The molecule has 2 N–H and O–H groups in total. The Labute approximate surface area is 107 Å². The summed E-state index contributed by atoms with van der Waals surface area (Å²) in [6, 6.07) is 4.86. The number of aromatic nitrogens is 1. The number of ether oxygens (including phenoxy) is 1. The number of carbonyl (C=O) groups is 1. The van der Waals surface area contributed by atoms with Crippen LogP contribution in [0.25, 0.3) is 0 Å². The number of hydrogen-bond donors (Lipinski definition) is 2. The maximum Gasteiger partial charge on any atom is 0.354 e. The Bertz CT molecular complexity index is 405. The number of rotatable bonds is 7. The third kappa shape index (κ3) is 4.71. The van der Waals surface area contributed by atoms with E-state index < -0.39 is 5.97 Å². The van der Waals surface area contributed by atoms with Crippen molar-refractivity contribution in [2.45, 2.75) is 32.8 Å². The average Bonchev–Trinajstić information content (AvgIpc) is 2.35. The van der Waals surface area contributed by atoms with Crippen molar-refractivity contribution >= 4 is 11.8 Å². The van der Waals surface area contributed by atoms with Crippen LogP contribution in [0.5, 0.6) is 0 Å². The maximum atomic E-state index is 10.7. The predicted octanol–water partition coefficient (Wildman–Crippen LogP) is 2.40. The molecule has 0 radical (unpaired) electrons. The zero-order valence-electron chi connectivity index (χ0n) is 11.1. The van der Waals surface area contributed by atoms with Crippen molar-refractivity contribution in [3.8, 4) is 0 Å². The second-order valence-electron chi connectivity index (χ2n) is 4.60. The van der Waals surface area contributed by atoms with Crippen molar-refractivity contribution in [3.05, 3.63) is 23.9 Å². The number of nitrogens with one attached hydrogen (secondary N) is 1. The Kier molecular flexibility index (Phi) is 5.09. The number of anilines is 1. The average molecular weight is 252 g/mol. The molecule has 0 spiro atoms. The number of aromatic carboxylic acids is 1. The quantitative estimate of drug-likeness (QED) is 0.729. The van der Waals surface area contributed by atoms with Crippen LogP contribution >= 0.6 is 0 Å². The van der Waals surface area contributed by atoms with Crippen LogP contribution in [0.1, 0.15) is 37.7 Å². The Balaban J connectivity index is 2.40. The van der Waals surface area contributed by atoms with Crippen molar-refractivity contribution in [1.29, 1.82) is 0 Å². The van der Waals surface area contributed by atoms with Crippen LogP contribution < -0.4 is 5.32 Å². The Morgan fingerprint density at radius 3 is 2.83 bits per heavy atom. The first-order valence-corrected chi connectivity index (χ1v) is 6.03. The summed E-state index contributed by atoms with van der Waals surface area (Å²) >= 11 is 0. The molecule has 100 valence electrons. The fourth-order valence-electron chi connectivity index (χ4n) is 1.26. The normalized spacial score (nSPS) is 11.3. The van der Waals surface area contributed by atoms with Crippen molar-refractivity contribution in [2.24, 2.45) is 0 Å². The highest BCUT2D eigenvalue weighted by molar-refractivity contribution is 5.85. The van der Waals surface area contributed by atoms with Gasteiger partial charge in [-0.05, 0) is 32.4 Å². The second-order valence-corrected chi connectivity index (χ2v) is 4.60. The minimum atomic E-state index is -1.03. The first kappa shape index (κ1) is 14.4. The van der Waals surface area contributed by atoms with E-state index in [1.54, 1.807) is 12.1 Å². The van der Waals surface area contributed by atoms with Gasteiger partial charge in [-0.1, -0.05) is 13.0 Å². The van der Waals surface area contributed by atoms with Crippen molar-refractivity contribution < 1.29 is 14.6 Å². The summed E-state index contributed by atoms with van der Waals surface area (Å²) in [7, 11) is 0. The number of pyridine rings is 1. The predicted molar refractivity (Wildman–Crippen MR) is 70.0 cm³/mol. The van der Waals surface area contributed by atoms with Gasteiger partial charge in [0.25, 0.3) is 0 Å². The molecule has 0 aromatic carbocycles. The summed E-state index contributed by atoms with van der Waals surface area (Å²) in [5.41, 5.74) is -0.0901. The van der Waals surface area contributed by atoms with Crippen LogP contribution in [-0.4, -0.2) is 34.8 Å². The lowest BCUT2D eigenvalue weighted by molar-refractivity contribution is -0.0143. The van der Waals surface area contributed by atoms with E-state index in [4.69, 9.17) is 9.84 Å². The highest BCUT2D eigenvalue weighted by Gasteiger charge is 2.14. The molecule has 5 heteroatoms. The molecule has 1 aromatic rings.